The second-order valence-electron chi connectivity index (χ2n) is 5.76. The minimum absolute atomic E-state index is 0.0357. The van der Waals surface area contributed by atoms with E-state index in [2.05, 4.69) is 29.0 Å². The van der Waals surface area contributed by atoms with Crippen LogP contribution >= 0.6 is 11.8 Å². The van der Waals surface area contributed by atoms with Crippen LogP contribution in [-0.2, 0) is 11.2 Å². The van der Waals surface area contributed by atoms with Crippen LogP contribution in [0.3, 0.4) is 0 Å². The van der Waals surface area contributed by atoms with Gasteiger partial charge >= 0.3 is 0 Å². The molecule has 2 aromatic rings. The van der Waals surface area contributed by atoms with Gasteiger partial charge in [-0.3, -0.25) is 4.79 Å². The van der Waals surface area contributed by atoms with Crippen LogP contribution in [0.25, 0.3) is 11.0 Å². The Kier molecular flexibility index (Phi) is 6.47. The Balaban J connectivity index is 1.97. The Hall–Kier alpha value is -1.53. The highest BCUT2D eigenvalue weighted by Gasteiger charge is 2.19. The van der Waals surface area contributed by atoms with E-state index in [4.69, 9.17) is 5.73 Å². The van der Waals surface area contributed by atoms with E-state index in [-0.39, 0.29) is 5.91 Å². The van der Waals surface area contributed by atoms with Gasteiger partial charge in [0.25, 0.3) is 0 Å². The first-order valence-electron chi connectivity index (χ1n) is 8.03. The molecular weight excluding hydrogens is 308 g/mol. The molecule has 6 heteroatoms. The van der Waals surface area contributed by atoms with Crippen LogP contribution in [0, 0.1) is 6.92 Å². The molecule has 1 aromatic carbocycles. The van der Waals surface area contributed by atoms with Gasteiger partial charge in [0.05, 0.1) is 17.1 Å². The summed E-state index contributed by atoms with van der Waals surface area (Å²) in [4.78, 5) is 22.1. The van der Waals surface area contributed by atoms with Crippen LogP contribution in [0.4, 0.5) is 0 Å². The minimum Gasteiger partial charge on any atom is -0.342 e. The summed E-state index contributed by atoms with van der Waals surface area (Å²) in [5, 5.41) is 0. The van der Waals surface area contributed by atoms with Crippen molar-refractivity contribution in [1.82, 2.24) is 14.9 Å². The van der Waals surface area contributed by atoms with Crippen molar-refractivity contribution in [2.24, 2.45) is 5.73 Å². The number of H-pyrrole nitrogens is 1. The van der Waals surface area contributed by atoms with Gasteiger partial charge in [-0.05, 0) is 50.0 Å². The number of aryl methyl sites for hydroxylation is 1. The van der Waals surface area contributed by atoms with E-state index in [1.165, 1.54) is 5.56 Å². The van der Waals surface area contributed by atoms with Gasteiger partial charge in [0.2, 0.25) is 5.91 Å². The largest absolute Gasteiger partial charge is 0.342 e. The Morgan fingerprint density at radius 3 is 2.96 bits per heavy atom. The number of aromatic nitrogens is 2. The molecule has 0 saturated carbocycles. The van der Waals surface area contributed by atoms with E-state index in [1.807, 2.05) is 24.1 Å². The molecule has 0 unspecified atom stereocenters. The molecule has 5 nitrogen and oxygen atoms in total. The number of nitrogens with one attached hydrogen (secondary N) is 1. The number of carbonyl (C=O) groups excluding carboxylic acids is 1. The standard InChI is InChI=1S/C17H26N4OS/c1-4-21(17(22)13(18)8-10-23-3)9-7-16-19-14-6-5-12(2)11-15(14)20-16/h5-6,11,13H,4,7-10,18H2,1-3H3,(H,19,20)/t13-/m0/s1. The van der Waals surface area contributed by atoms with Crippen LogP contribution in [0.1, 0.15) is 24.7 Å². The van der Waals surface area contributed by atoms with Gasteiger partial charge < -0.3 is 15.6 Å². The lowest BCUT2D eigenvalue weighted by atomic mass is 10.2. The number of imidazole rings is 1. The van der Waals surface area contributed by atoms with E-state index in [0.29, 0.717) is 19.5 Å². The smallest absolute Gasteiger partial charge is 0.239 e. The summed E-state index contributed by atoms with van der Waals surface area (Å²) in [7, 11) is 0. The van der Waals surface area contributed by atoms with Crippen LogP contribution < -0.4 is 5.73 Å². The molecule has 0 aliphatic heterocycles. The number of likely N-dealkylation sites (N-methyl/N-ethyl adjacent to an activating group) is 1. The van der Waals surface area contributed by atoms with E-state index < -0.39 is 6.04 Å². The molecule has 1 atom stereocenters. The quantitative estimate of drug-likeness (QED) is 0.777. The molecule has 2 rings (SSSR count). The average molecular weight is 334 g/mol. The number of fused-ring (bicyclic) bond motifs is 1. The summed E-state index contributed by atoms with van der Waals surface area (Å²) in [6, 6.07) is 5.76. The lowest BCUT2D eigenvalue weighted by Crippen LogP contribution is -2.44. The maximum Gasteiger partial charge on any atom is 0.239 e. The molecule has 0 aliphatic carbocycles. The molecule has 1 amide bonds. The Labute approximate surface area is 142 Å². The van der Waals surface area contributed by atoms with Crippen LogP contribution in [0.15, 0.2) is 18.2 Å². The fourth-order valence-corrected chi connectivity index (χ4v) is 3.05. The molecule has 0 saturated heterocycles. The lowest BCUT2D eigenvalue weighted by molar-refractivity contribution is -0.132. The third-order valence-corrected chi connectivity index (χ3v) is 4.59. The predicted molar refractivity (Wildman–Crippen MR) is 97.8 cm³/mol. The molecule has 0 spiro atoms. The van der Waals surface area contributed by atoms with E-state index >= 15 is 0 Å². The van der Waals surface area contributed by atoms with Crippen molar-refractivity contribution < 1.29 is 4.79 Å². The number of carbonyl (C=O) groups is 1. The zero-order valence-electron chi connectivity index (χ0n) is 14.1. The zero-order chi connectivity index (χ0) is 16.8. The Morgan fingerprint density at radius 1 is 1.48 bits per heavy atom. The number of amides is 1. The molecule has 3 N–H and O–H groups in total. The fraction of sp³-hybridized carbons (Fsp3) is 0.529. The van der Waals surface area contributed by atoms with E-state index in [1.54, 1.807) is 11.8 Å². The normalized spacial score (nSPS) is 12.5. The summed E-state index contributed by atoms with van der Waals surface area (Å²) in [5.74, 6) is 1.86. The molecule has 1 heterocycles. The molecule has 23 heavy (non-hydrogen) atoms. The first-order valence-corrected chi connectivity index (χ1v) is 9.43. The highest BCUT2D eigenvalue weighted by atomic mass is 32.2. The number of hydrogen-bond donors (Lipinski definition) is 2. The van der Waals surface area contributed by atoms with Crippen molar-refractivity contribution in [3.63, 3.8) is 0 Å². The van der Waals surface area contributed by atoms with Crippen molar-refractivity contribution in [2.45, 2.75) is 32.7 Å². The number of nitrogens with two attached hydrogens (primary N) is 1. The number of thioether (sulfide) groups is 1. The highest BCUT2D eigenvalue weighted by molar-refractivity contribution is 7.98. The summed E-state index contributed by atoms with van der Waals surface area (Å²) in [6.45, 7) is 5.36. The molecule has 0 bridgehead atoms. The number of hydrogen-bond acceptors (Lipinski definition) is 4. The molecule has 1 aromatic heterocycles. The number of rotatable bonds is 8. The number of nitrogens with zero attached hydrogens (tertiary/aromatic N) is 2. The predicted octanol–water partition coefficient (Wildman–Crippen LogP) is 2.34. The van der Waals surface area contributed by atoms with Gasteiger partial charge in [0.15, 0.2) is 0 Å². The van der Waals surface area contributed by atoms with Gasteiger partial charge in [-0.25, -0.2) is 4.98 Å². The monoisotopic (exact) mass is 334 g/mol. The number of aromatic amines is 1. The van der Waals surface area contributed by atoms with Crippen molar-refractivity contribution in [3.05, 3.63) is 29.6 Å². The van der Waals surface area contributed by atoms with E-state index in [9.17, 15) is 4.79 Å². The van der Waals surface area contributed by atoms with Crippen molar-refractivity contribution in [3.8, 4) is 0 Å². The molecular formula is C17H26N4OS. The maximum absolute atomic E-state index is 12.4. The summed E-state index contributed by atoms with van der Waals surface area (Å²) in [6.07, 6.45) is 3.46. The van der Waals surface area contributed by atoms with Gasteiger partial charge in [0.1, 0.15) is 5.82 Å². The molecule has 0 aliphatic rings. The third-order valence-electron chi connectivity index (χ3n) is 3.95. The van der Waals surface area contributed by atoms with Gasteiger partial charge in [-0.15, -0.1) is 0 Å². The molecule has 0 radical (unpaired) electrons. The highest BCUT2D eigenvalue weighted by Crippen LogP contribution is 2.14. The lowest BCUT2D eigenvalue weighted by Gasteiger charge is -2.23. The van der Waals surface area contributed by atoms with Crippen molar-refractivity contribution in [1.29, 1.82) is 0 Å². The van der Waals surface area contributed by atoms with Crippen LogP contribution in [-0.4, -0.2) is 51.9 Å². The maximum atomic E-state index is 12.4. The Morgan fingerprint density at radius 2 is 2.26 bits per heavy atom. The van der Waals surface area contributed by atoms with Crippen LogP contribution in [0.5, 0.6) is 0 Å². The topological polar surface area (TPSA) is 75.0 Å². The third kappa shape index (κ3) is 4.72. The van der Waals surface area contributed by atoms with E-state index in [0.717, 1.165) is 29.0 Å². The van der Waals surface area contributed by atoms with Crippen LogP contribution in [0.2, 0.25) is 0 Å². The summed E-state index contributed by atoms with van der Waals surface area (Å²) < 4.78 is 0. The van der Waals surface area contributed by atoms with Gasteiger partial charge in [-0.2, -0.15) is 11.8 Å². The van der Waals surface area contributed by atoms with Crippen molar-refractivity contribution in [2.75, 3.05) is 25.1 Å². The summed E-state index contributed by atoms with van der Waals surface area (Å²) in [5.41, 5.74) is 9.22. The Bertz CT molecular complexity index is 655. The van der Waals surface area contributed by atoms with Crippen molar-refractivity contribution >= 4 is 28.7 Å². The first kappa shape index (κ1) is 17.8. The first-order chi connectivity index (χ1) is 11.0. The fourth-order valence-electron chi connectivity index (χ4n) is 2.56. The average Bonchev–Trinajstić information content (AvgIpc) is 2.94. The molecule has 0 fully saturated rings. The second-order valence-corrected chi connectivity index (χ2v) is 6.75. The minimum atomic E-state index is -0.402. The van der Waals surface area contributed by atoms with Gasteiger partial charge in [-0.1, -0.05) is 6.07 Å². The second kappa shape index (κ2) is 8.36. The summed E-state index contributed by atoms with van der Waals surface area (Å²) >= 11 is 1.71. The molecule has 126 valence electrons. The SMILES string of the molecule is CCN(CCc1nc2ccc(C)cc2[nH]1)C(=O)[C@@H](N)CCSC. The zero-order valence-corrected chi connectivity index (χ0v) is 14.9. The van der Waals surface area contributed by atoms with Gasteiger partial charge in [0, 0.05) is 19.5 Å². The number of benzene rings is 1.